The number of unbranched alkanes of at least 4 members (excludes halogenated alkanes) is 23. The molecule has 0 saturated heterocycles. The fourth-order valence-electron chi connectivity index (χ4n) is 7.92. The molecule has 0 aromatic carbocycles. The molecule has 0 aliphatic carbocycles. The van der Waals surface area contributed by atoms with Crippen molar-refractivity contribution >= 4 is 13.7 Å². The lowest BCUT2D eigenvalue weighted by Gasteiger charge is -2.25. The zero-order valence-electron chi connectivity index (χ0n) is 47.1. The van der Waals surface area contributed by atoms with Crippen molar-refractivity contribution in [2.75, 3.05) is 40.9 Å². The Kier molecular flexibility index (Phi) is 50.9. The Balaban J connectivity index is 4.13. The van der Waals surface area contributed by atoms with Gasteiger partial charge in [0.25, 0.3) is 0 Å². The van der Waals surface area contributed by atoms with Crippen molar-refractivity contribution in [3.63, 3.8) is 0 Å². The number of carbonyl (C=O) groups excluding carboxylic acids is 1. The lowest BCUT2D eigenvalue weighted by atomic mass is 10.0. The number of aliphatic hydroxyl groups is 1. The summed E-state index contributed by atoms with van der Waals surface area (Å²) >= 11 is 0. The Labute approximate surface area is 444 Å². The van der Waals surface area contributed by atoms with Crippen molar-refractivity contribution in [2.45, 2.75) is 244 Å². The van der Waals surface area contributed by atoms with Crippen LogP contribution >= 0.6 is 7.82 Å². The Bertz CT molecular complexity index is 1540. The molecule has 0 spiro atoms. The number of nitrogens with one attached hydrogen (secondary N) is 1. The zero-order chi connectivity index (χ0) is 52.7. The minimum absolute atomic E-state index is 0.0518. The number of amides is 1. The van der Waals surface area contributed by atoms with Crippen molar-refractivity contribution in [3.8, 4) is 0 Å². The number of phosphoric acid groups is 1. The second-order valence-electron chi connectivity index (χ2n) is 20.6. The largest absolute Gasteiger partial charge is 0.472 e. The van der Waals surface area contributed by atoms with Crippen LogP contribution in [0.3, 0.4) is 0 Å². The lowest BCUT2D eigenvalue weighted by molar-refractivity contribution is -0.870. The number of allylic oxidation sites excluding steroid dienone is 17. The van der Waals surface area contributed by atoms with Gasteiger partial charge < -0.3 is 19.8 Å². The van der Waals surface area contributed by atoms with Gasteiger partial charge in [0.1, 0.15) is 13.2 Å². The van der Waals surface area contributed by atoms with E-state index >= 15 is 0 Å². The normalized spacial score (nSPS) is 14.7. The molecule has 0 heterocycles. The van der Waals surface area contributed by atoms with Gasteiger partial charge in [-0.2, -0.15) is 0 Å². The fourth-order valence-corrected chi connectivity index (χ4v) is 8.66. The summed E-state index contributed by atoms with van der Waals surface area (Å²) in [4.78, 5) is 23.3. The molecule has 8 nitrogen and oxygen atoms in total. The Morgan fingerprint density at radius 3 is 1.28 bits per heavy atom. The van der Waals surface area contributed by atoms with Crippen LogP contribution in [0.5, 0.6) is 0 Å². The summed E-state index contributed by atoms with van der Waals surface area (Å²) in [5.41, 5.74) is 0. The number of quaternary nitrogens is 1. The van der Waals surface area contributed by atoms with E-state index in [2.05, 4.69) is 116 Å². The predicted molar refractivity (Wildman–Crippen MR) is 313 cm³/mol. The van der Waals surface area contributed by atoms with Gasteiger partial charge in [0.05, 0.1) is 39.9 Å². The number of rotatable bonds is 52. The quantitative estimate of drug-likeness (QED) is 0.0243. The highest BCUT2D eigenvalue weighted by atomic mass is 31.2. The van der Waals surface area contributed by atoms with Crippen LogP contribution in [0.2, 0.25) is 0 Å². The first kappa shape index (κ1) is 69.2. The van der Waals surface area contributed by atoms with Gasteiger partial charge in [0.15, 0.2) is 0 Å². The first-order chi connectivity index (χ1) is 35.0. The predicted octanol–water partition coefficient (Wildman–Crippen LogP) is 18.0. The number of nitrogens with zero attached hydrogens (tertiary/aromatic N) is 1. The van der Waals surface area contributed by atoms with E-state index in [1.54, 1.807) is 6.08 Å². The van der Waals surface area contributed by atoms with Gasteiger partial charge in [-0.1, -0.05) is 245 Å². The molecule has 3 unspecified atom stereocenters. The first-order valence-corrected chi connectivity index (χ1v) is 30.8. The van der Waals surface area contributed by atoms with Gasteiger partial charge in [-0.05, 0) is 89.9 Å². The summed E-state index contributed by atoms with van der Waals surface area (Å²) < 4.78 is 23.7. The van der Waals surface area contributed by atoms with Crippen LogP contribution in [0.1, 0.15) is 232 Å². The molecule has 9 heteroatoms. The SMILES string of the molecule is CC/C=C\C/C=C\C/C=C\C/C=C\C/C=C\C/C=C\C/C=C\CCCCCCCCCCCCCCCC(=O)NC(COP(=O)(O)OCC[N+](C)(C)C)C(O)/C=C/CC/C=C/CCCCCCCCCCC. The van der Waals surface area contributed by atoms with Gasteiger partial charge in [0.2, 0.25) is 5.91 Å². The van der Waals surface area contributed by atoms with E-state index in [4.69, 9.17) is 9.05 Å². The van der Waals surface area contributed by atoms with Crippen LogP contribution in [0.15, 0.2) is 109 Å². The van der Waals surface area contributed by atoms with Crippen molar-refractivity contribution in [2.24, 2.45) is 0 Å². The minimum atomic E-state index is -4.36. The summed E-state index contributed by atoms with van der Waals surface area (Å²) in [5, 5.41) is 13.9. The van der Waals surface area contributed by atoms with Crippen LogP contribution in [0, 0.1) is 0 Å². The Morgan fingerprint density at radius 2 is 0.847 bits per heavy atom. The van der Waals surface area contributed by atoms with Crippen LogP contribution < -0.4 is 5.32 Å². The van der Waals surface area contributed by atoms with Gasteiger partial charge >= 0.3 is 7.82 Å². The molecule has 1 amide bonds. The van der Waals surface area contributed by atoms with E-state index in [1.807, 2.05) is 27.2 Å². The number of carbonyl (C=O) groups is 1. The Morgan fingerprint density at radius 1 is 0.486 bits per heavy atom. The third-order valence-corrected chi connectivity index (χ3v) is 13.5. The fraction of sp³-hybridized carbons (Fsp3) is 0.698. The molecule has 0 bridgehead atoms. The number of hydrogen-bond acceptors (Lipinski definition) is 5. The molecular formula is C63H112N2O6P+. The van der Waals surface area contributed by atoms with Crippen LogP contribution in [-0.4, -0.2) is 73.4 Å². The molecular weight excluding hydrogens is 912 g/mol. The summed E-state index contributed by atoms with van der Waals surface area (Å²) in [6.45, 7) is 4.67. The van der Waals surface area contributed by atoms with Gasteiger partial charge in [-0.15, -0.1) is 0 Å². The maximum Gasteiger partial charge on any atom is 0.472 e. The average molecular weight is 1020 g/mol. The molecule has 0 aromatic heterocycles. The van der Waals surface area contributed by atoms with Crippen molar-refractivity contribution in [1.29, 1.82) is 0 Å². The lowest BCUT2D eigenvalue weighted by Crippen LogP contribution is -2.45. The molecule has 3 atom stereocenters. The zero-order valence-corrected chi connectivity index (χ0v) is 48.0. The smallest absolute Gasteiger partial charge is 0.387 e. The number of likely N-dealkylation sites (N-methyl/N-ethyl adjacent to an activating group) is 1. The first-order valence-electron chi connectivity index (χ1n) is 29.3. The molecule has 0 rings (SSSR count). The maximum atomic E-state index is 13.0. The highest BCUT2D eigenvalue weighted by Crippen LogP contribution is 2.43. The summed E-state index contributed by atoms with van der Waals surface area (Å²) in [6.07, 6.45) is 77.7. The van der Waals surface area contributed by atoms with Crippen molar-refractivity contribution < 1.29 is 32.9 Å². The molecule has 3 N–H and O–H groups in total. The van der Waals surface area contributed by atoms with Gasteiger partial charge in [-0.3, -0.25) is 13.8 Å². The number of aliphatic hydroxyl groups excluding tert-OH is 1. The summed E-state index contributed by atoms with van der Waals surface area (Å²) in [7, 11) is 1.54. The Hall–Kier alpha value is -2.84. The third-order valence-electron chi connectivity index (χ3n) is 12.5. The number of phosphoric ester groups is 1. The van der Waals surface area contributed by atoms with Gasteiger partial charge in [0, 0.05) is 6.42 Å². The van der Waals surface area contributed by atoms with Crippen molar-refractivity contribution in [3.05, 3.63) is 109 Å². The second-order valence-corrected chi connectivity index (χ2v) is 22.1. The minimum Gasteiger partial charge on any atom is -0.387 e. The number of hydrogen-bond donors (Lipinski definition) is 3. The molecule has 0 aliphatic rings. The summed E-state index contributed by atoms with van der Waals surface area (Å²) in [5.74, 6) is -0.192. The molecule has 414 valence electrons. The van der Waals surface area contributed by atoms with E-state index in [-0.39, 0.29) is 19.1 Å². The molecule has 72 heavy (non-hydrogen) atoms. The van der Waals surface area contributed by atoms with Crippen LogP contribution in [-0.2, 0) is 18.4 Å². The van der Waals surface area contributed by atoms with E-state index in [1.165, 1.54) is 128 Å². The maximum absolute atomic E-state index is 13.0. The molecule has 0 aliphatic heterocycles. The average Bonchev–Trinajstić information content (AvgIpc) is 3.34. The highest BCUT2D eigenvalue weighted by molar-refractivity contribution is 7.47. The van der Waals surface area contributed by atoms with Crippen LogP contribution in [0.4, 0.5) is 0 Å². The topological polar surface area (TPSA) is 105 Å². The molecule has 0 saturated carbocycles. The molecule has 0 aromatic rings. The monoisotopic (exact) mass is 1020 g/mol. The molecule has 0 fully saturated rings. The van der Waals surface area contributed by atoms with E-state index in [0.29, 0.717) is 17.4 Å². The summed E-state index contributed by atoms with van der Waals surface area (Å²) in [6, 6.07) is -0.870. The molecule has 0 radical (unpaired) electrons. The van der Waals surface area contributed by atoms with E-state index in [9.17, 15) is 19.4 Å². The second kappa shape index (κ2) is 53.0. The standard InChI is InChI=1S/C63H111N2O6P/c1-6-8-10-12-14-16-18-20-22-23-24-25-26-27-28-29-30-31-32-33-34-35-36-37-38-39-40-41-43-45-47-49-51-53-55-57-63(67)64-61(60-71-72(68,69)70-59-58-65(3,4)5)62(66)56-54-52-50-48-46-44-42-21-19-17-15-13-11-9-7-2/h8,10,14,16,20,22,24-25,27-28,30-31,33-34,46,48,54,56,61-62,66H,6-7,9,11-13,15,17-19,21,23,26,29,32,35-45,47,49-53,55,57-60H2,1-5H3,(H-,64,67,68,69)/p+1/b10-8-,16-14-,22-20-,25-24-,28-27-,31-30-,34-33-,48-46+,56-54+. The van der Waals surface area contributed by atoms with Gasteiger partial charge in [-0.25, -0.2) is 4.57 Å². The third kappa shape index (κ3) is 54.9. The van der Waals surface area contributed by atoms with E-state index in [0.717, 1.165) is 83.5 Å². The van der Waals surface area contributed by atoms with E-state index < -0.39 is 20.0 Å². The van der Waals surface area contributed by atoms with Crippen LogP contribution in [0.25, 0.3) is 0 Å². The van der Waals surface area contributed by atoms with Crippen molar-refractivity contribution in [1.82, 2.24) is 5.32 Å². The highest BCUT2D eigenvalue weighted by Gasteiger charge is 2.27.